The highest BCUT2D eigenvalue weighted by Gasteiger charge is 2.12. The van der Waals surface area contributed by atoms with Gasteiger partial charge in [-0.05, 0) is 18.2 Å². The Morgan fingerprint density at radius 2 is 2.12 bits per heavy atom. The molecule has 16 heavy (non-hydrogen) atoms. The topological polar surface area (TPSA) is 38.8 Å². The lowest BCUT2D eigenvalue weighted by atomic mass is 10.2. The Bertz CT molecular complexity index is 381. The number of hydrogen-bond donors (Lipinski definition) is 0. The molecule has 0 N–H and O–H groups in total. The average molecular weight is 227 g/mol. The summed E-state index contributed by atoms with van der Waals surface area (Å²) in [6.07, 6.45) is -0.480. The fourth-order valence-corrected chi connectivity index (χ4v) is 1.35. The summed E-state index contributed by atoms with van der Waals surface area (Å²) in [5, 5.41) is 0. The molecule has 1 amide bonds. The number of amides is 1. The quantitative estimate of drug-likeness (QED) is 0.793. The van der Waals surface area contributed by atoms with E-state index in [1.54, 1.807) is 7.05 Å². The average Bonchev–Trinajstić information content (AvgIpc) is 2.28. The van der Waals surface area contributed by atoms with E-state index in [0.717, 1.165) is 0 Å². The highest BCUT2D eigenvalue weighted by atomic mass is 19.1. The van der Waals surface area contributed by atoms with Crippen LogP contribution in [0.15, 0.2) is 18.2 Å². The maximum atomic E-state index is 13.0. The third-order valence-corrected chi connectivity index (χ3v) is 2.14. The first kappa shape index (κ1) is 12.3. The third kappa shape index (κ3) is 2.85. The number of rotatable bonds is 3. The summed E-state index contributed by atoms with van der Waals surface area (Å²) in [4.78, 5) is 12.5. The van der Waals surface area contributed by atoms with Gasteiger partial charge in [-0.1, -0.05) is 0 Å². The van der Waals surface area contributed by atoms with Crippen LogP contribution in [-0.2, 0) is 11.3 Å². The number of hydrogen-bond acceptors (Lipinski definition) is 3. The SMILES string of the molecule is COC(=O)N(C)Cc1cc(F)ccc1OC. The molecule has 88 valence electrons. The molecule has 4 nitrogen and oxygen atoms in total. The first-order valence-electron chi connectivity index (χ1n) is 4.70. The Labute approximate surface area is 93.6 Å². The maximum Gasteiger partial charge on any atom is 0.409 e. The van der Waals surface area contributed by atoms with E-state index in [2.05, 4.69) is 4.74 Å². The van der Waals surface area contributed by atoms with Crippen LogP contribution < -0.4 is 4.74 Å². The monoisotopic (exact) mass is 227 g/mol. The van der Waals surface area contributed by atoms with E-state index in [9.17, 15) is 9.18 Å². The lowest BCUT2D eigenvalue weighted by molar-refractivity contribution is 0.131. The normalized spacial score (nSPS) is 9.75. The van der Waals surface area contributed by atoms with E-state index in [1.807, 2.05) is 0 Å². The largest absolute Gasteiger partial charge is 0.496 e. The second-order valence-corrected chi connectivity index (χ2v) is 3.28. The zero-order valence-electron chi connectivity index (χ0n) is 9.49. The van der Waals surface area contributed by atoms with Gasteiger partial charge in [0.15, 0.2) is 0 Å². The lowest BCUT2D eigenvalue weighted by Crippen LogP contribution is -2.26. The molecule has 0 heterocycles. The van der Waals surface area contributed by atoms with Crippen molar-refractivity contribution in [1.82, 2.24) is 4.90 Å². The van der Waals surface area contributed by atoms with Crippen LogP contribution in [0.2, 0.25) is 0 Å². The highest BCUT2D eigenvalue weighted by molar-refractivity contribution is 5.67. The van der Waals surface area contributed by atoms with Crippen LogP contribution in [0.4, 0.5) is 9.18 Å². The van der Waals surface area contributed by atoms with Gasteiger partial charge in [0.25, 0.3) is 0 Å². The summed E-state index contributed by atoms with van der Waals surface area (Å²) >= 11 is 0. The smallest absolute Gasteiger partial charge is 0.409 e. The Morgan fingerprint density at radius 3 is 2.69 bits per heavy atom. The van der Waals surface area contributed by atoms with Crippen LogP contribution in [0, 0.1) is 5.82 Å². The van der Waals surface area contributed by atoms with Crippen molar-refractivity contribution in [3.05, 3.63) is 29.6 Å². The van der Waals surface area contributed by atoms with Gasteiger partial charge < -0.3 is 14.4 Å². The second kappa shape index (κ2) is 5.34. The van der Waals surface area contributed by atoms with Gasteiger partial charge in [-0.2, -0.15) is 0 Å². The van der Waals surface area contributed by atoms with Crippen LogP contribution in [0.1, 0.15) is 5.56 Å². The fraction of sp³-hybridized carbons (Fsp3) is 0.364. The number of halogens is 1. The predicted octanol–water partition coefficient (Wildman–Crippen LogP) is 2.03. The molecule has 0 aromatic heterocycles. The van der Waals surface area contributed by atoms with Crippen molar-refractivity contribution in [2.45, 2.75) is 6.54 Å². The van der Waals surface area contributed by atoms with Crippen LogP contribution in [-0.4, -0.2) is 32.3 Å². The number of nitrogens with zero attached hydrogens (tertiary/aromatic N) is 1. The summed E-state index contributed by atoms with van der Waals surface area (Å²) in [5.41, 5.74) is 0.593. The molecule has 0 radical (unpaired) electrons. The molecular weight excluding hydrogens is 213 g/mol. The Kier molecular flexibility index (Phi) is 4.10. The van der Waals surface area contributed by atoms with Crippen molar-refractivity contribution < 1.29 is 18.7 Å². The molecule has 0 saturated heterocycles. The van der Waals surface area contributed by atoms with E-state index in [1.165, 1.54) is 37.3 Å². The minimum absolute atomic E-state index is 0.230. The first-order valence-corrected chi connectivity index (χ1v) is 4.70. The van der Waals surface area contributed by atoms with E-state index >= 15 is 0 Å². The number of carbonyl (C=O) groups is 1. The van der Waals surface area contributed by atoms with Gasteiger partial charge in [0.2, 0.25) is 0 Å². The molecule has 0 fully saturated rings. The third-order valence-electron chi connectivity index (χ3n) is 2.14. The van der Waals surface area contributed by atoms with Crippen LogP contribution >= 0.6 is 0 Å². The Balaban J connectivity index is 2.86. The van der Waals surface area contributed by atoms with Gasteiger partial charge in [0.1, 0.15) is 11.6 Å². The van der Waals surface area contributed by atoms with Crippen LogP contribution in [0.5, 0.6) is 5.75 Å². The molecule has 0 aliphatic heterocycles. The van der Waals surface area contributed by atoms with Crippen LogP contribution in [0.3, 0.4) is 0 Å². The summed E-state index contributed by atoms with van der Waals surface area (Å²) in [7, 11) is 4.35. The van der Waals surface area contributed by atoms with Crippen molar-refractivity contribution in [2.24, 2.45) is 0 Å². The van der Waals surface area contributed by atoms with E-state index < -0.39 is 6.09 Å². The molecular formula is C11H14FNO3. The zero-order valence-corrected chi connectivity index (χ0v) is 9.49. The summed E-state index contributed by atoms with van der Waals surface area (Å²) in [5.74, 6) is 0.172. The van der Waals surface area contributed by atoms with Gasteiger partial charge >= 0.3 is 6.09 Å². The maximum absolute atomic E-state index is 13.0. The molecule has 1 rings (SSSR count). The van der Waals surface area contributed by atoms with Crippen molar-refractivity contribution in [1.29, 1.82) is 0 Å². The summed E-state index contributed by atoms with van der Waals surface area (Å²) in [6, 6.07) is 4.16. The van der Waals surface area contributed by atoms with E-state index in [-0.39, 0.29) is 12.4 Å². The molecule has 0 unspecified atom stereocenters. The predicted molar refractivity (Wildman–Crippen MR) is 56.8 cm³/mol. The van der Waals surface area contributed by atoms with Gasteiger partial charge in [-0.25, -0.2) is 9.18 Å². The minimum atomic E-state index is -0.480. The molecule has 1 aromatic rings. The molecule has 0 aliphatic carbocycles. The van der Waals surface area contributed by atoms with E-state index in [4.69, 9.17) is 4.74 Å². The molecule has 1 aromatic carbocycles. The van der Waals surface area contributed by atoms with Crippen molar-refractivity contribution in [3.63, 3.8) is 0 Å². The number of methoxy groups -OCH3 is 2. The number of ether oxygens (including phenoxy) is 2. The molecule has 5 heteroatoms. The summed E-state index contributed by atoms with van der Waals surface area (Å²) < 4.78 is 22.6. The number of benzene rings is 1. The lowest BCUT2D eigenvalue weighted by Gasteiger charge is -2.17. The van der Waals surface area contributed by atoms with Gasteiger partial charge in [-0.3, -0.25) is 0 Å². The summed E-state index contributed by atoms with van der Waals surface area (Å²) in [6.45, 7) is 0.230. The molecule has 0 spiro atoms. The number of carbonyl (C=O) groups excluding carboxylic acids is 1. The Morgan fingerprint density at radius 1 is 1.44 bits per heavy atom. The second-order valence-electron chi connectivity index (χ2n) is 3.28. The molecule has 0 saturated carbocycles. The molecule has 0 bridgehead atoms. The van der Waals surface area contributed by atoms with Gasteiger partial charge in [0, 0.05) is 12.6 Å². The minimum Gasteiger partial charge on any atom is -0.496 e. The van der Waals surface area contributed by atoms with Gasteiger partial charge in [0.05, 0.1) is 20.8 Å². The van der Waals surface area contributed by atoms with Crippen molar-refractivity contribution in [2.75, 3.05) is 21.3 Å². The molecule has 0 atom stereocenters. The van der Waals surface area contributed by atoms with Crippen molar-refractivity contribution in [3.8, 4) is 5.75 Å². The van der Waals surface area contributed by atoms with Crippen molar-refractivity contribution >= 4 is 6.09 Å². The standard InChI is InChI=1S/C11H14FNO3/c1-13(11(14)16-3)7-8-6-9(12)4-5-10(8)15-2/h4-6H,7H2,1-3H3. The van der Waals surface area contributed by atoms with Gasteiger partial charge in [-0.15, -0.1) is 0 Å². The first-order chi connectivity index (χ1) is 7.58. The van der Waals surface area contributed by atoms with Crippen LogP contribution in [0.25, 0.3) is 0 Å². The van der Waals surface area contributed by atoms with E-state index in [0.29, 0.717) is 11.3 Å². The molecule has 0 aliphatic rings. The highest BCUT2D eigenvalue weighted by Crippen LogP contribution is 2.20. The fourth-order valence-electron chi connectivity index (χ4n) is 1.35. The Hall–Kier alpha value is -1.78. The zero-order chi connectivity index (χ0) is 12.1.